The molecular formula is C18H18N4S. The number of anilines is 1. The van der Waals surface area contributed by atoms with E-state index in [-0.39, 0.29) is 0 Å². The molecule has 4 nitrogen and oxygen atoms in total. The monoisotopic (exact) mass is 322 g/mol. The van der Waals surface area contributed by atoms with Gasteiger partial charge < -0.3 is 10.3 Å². The molecule has 0 saturated heterocycles. The second-order valence-corrected chi connectivity index (χ2v) is 6.66. The number of hydrogen-bond donors (Lipinski definition) is 2. The molecule has 0 unspecified atom stereocenters. The Bertz CT molecular complexity index is 954. The van der Waals surface area contributed by atoms with Crippen LogP contribution in [0.4, 0.5) is 5.82 Å². The van der Waals surface area contributed by atoms with E-state index in [1.54, 1.807) is 17.7 Å². The third-order valence-electron chi connectivity index (χ3n) is 4.09. The van der Waals surface area contributed by atoms with Crippen molar-refractivity contribution in [3.05, 3.63) is 53.3 Å². The van der Waals surface area contributed by atoms with Gasteiger partial charge in [0.15, 0.2) is 0 Å². The van der Waals surface area contributed by atoms with Crippen molar-refractivity contribution >= 4 is 38.3 Å². The average molecular weight is 322 g/mol. The van der Waals surface area contributed by atoms with Crippen LogP contribution < -0.4 is 5.32 Å². The maximum absolute atomic E-state index is 4.41. The van der Waals surface area contributed by atoms with Crippen LogP contribution in [0.25, 0.3) is 21.1 Å². The van der Waals surface area contributed by atoms with Gasteiger partial charge in [-0.1, -0.05) is 25.1 Å². The van der Waals surface area contributed by atoms with E-state index in [2.05, 4.69) is 63.7 Å². The predicted molar refractivity (Wildman–Crippen MR) is 97.3 cm³/mol. The van der Waals surface area contributed by atoms with E-state index in [0.717, 1.165) is 35.4 Å². The number of aromatic amines is 1. The third kappa shape index (κ3) is 2.68. The Morgan fingerprint density at radius 3 is 3.00 bits per heavy atom. The molecule has 0 aliphatic heterocycles. The zero-order valence-electron chi connectivity index (χ0n) is 13.0. The molecule has 4 aromatic rings. The Labute approximate surface area is 138 Å². The van der Waals surface area contributed by atoms with Crippen LogP contribution in [0.5, 0.6) is 0 Å². The predicted octanol–water partition coefficient (Wildman–Crippen LogP) is 4.39. The van der Waals surface area contributed by atoms with Crippen LogP contribution in [0, 0.1) is 0 Å². The molecule has 0 aliphatic carbocycles. The van der Waals surface area contributed by atoms with Gasteiger partial charge in [-0.25, -0.2) is 9.97 Å². The van der Waals surface area contributed by atoms with Crippen LogP contribution in [0.3, 0.4) is 0 Å². The number of aromatic nitrogens is 3. The fraction of sp³-hybridized carbons (Fsp3) is 0.222. The largest absolute Gasteiger partial charge is 0.369 e. The molecule has 2 N–H and O–H groups in total. The van der Waals surface area contributed by atoms with E-state index >= 15 is 0 Å². The lowest BCUT2D eigenvalue weighted by molar-refractivity contribution is 1.01. The number of hydrogen-bond acceptors (Lipinski definition) is 4. The fourth-order valence-electron chi connectivity index (χ4n) is 2.87. The lowest BCUT2D eigenvalue weighted by Gasteiger charge is -2.05. The second kappa shape index (κ2) is 6.01. The average Bonchev–Trinajstić information content (AvgIpc) is 3.19. The number of benzene rings is 1. The Hall–Kier alpha value is -2.40. The fourth-order valence-corrected chi connectivity index (χ4v) is 3.81. The van der Waals surface area contributed by atoms with Crippen molar-refractivity contribution in [2.45, 2.75) is 19.8 Å². The summed E-state index contributed by atoms with van der Waals surface area (Å²) in [4.78, 5) is 14.5. The number of H-pyrrole nitrogens is 1. The molecule has 0 radical (unpaired) electrons. The highest BCUT2D eigenvalue weighted by Crippen LogP contribution is 2.28. The maximum Gasteiger partial charge on any atom is 0.138 e. The van der Waals surface area contributed by atoms with Crippen molar-refractivity contribution in [1.29, 1.82) is 0 Å². The van der Waals surface area contributed by atoms with Crippen LogP contribution in [0.2, 0.25) is 0 Å². The Kier molecular flexibility index (Phi) is 3.71. The van der Waals surface area contributed by atoms with E-state index in [4.69, 9.17) is 0 Å². The maximum atomic E-state index is 4.41. The standard InChI is InChI=1S/C18H18N4S/c1-2-13-9-15-17(21-11-22-18(15)23-13)19-8-7-12-10-20-16-6-4-3-5-14(12)16/h3-6,9-11,20H,2,7-8H2,1H3,(H,19,21,22). The molecule has 3 aromatic heterocycles. The van der Waals surface area contributed by atoms with Crippen LogP contribution >= 0.6 is 11.3 Å². The van der Waals surface area contributed by atoms with Crippen molar-refractivity contribution in [3.63, 3.8) is 0 Å². The van der Waals surface area contributed by atoms with Crippen molar-refractivity contribution in [2.24, 2.45) is 0 Å². The minimum Gasteiger partial charge on any atom is -0.369 e. The molecule has 0 amide bonds. The van der Waals surface area contributed by atoms with Crippen molar-refractivity contribution in [2.75, 3.05) is 11.9 Å². The lowest BCUT2D eigenvalue weighted by Crippen LogP contribution is -2.06. The smallest absolute Gasteiger partial charge is 0.138 e. The van der Waals surface area contributed by atoms with Gasteiger partial charge in [0.1, 0.15) is 17.0 Å². The van der Waals surface area contributed by atoms with Gasteiger partial charge in [-0.2, -0.15) is 0 Å². The molecule has 4 rings (SSSR count). The second-order valence-electron chi connectivity index (χ2n) is 5.54. The van der Waals surface area contributed by atoms with Gasteiger partial charge in [0.2, 0.25) is 0 Å². The van der Waals surface area contributed by atoms with Crippen molar-refractivity contribution < 1.29 is 0 Å². The zero-order chi connectivity index (χ0) is 15.6. The summed E-state index contributed by atoms with van der Waals surface area (Å²) >= 11 is 1.75. The minimum absolute atomic E-state index is 0.852. The van der Waals surface area contributed by atoms with Gasteiger partial charge in [0.05, 0.1) is 5.39 Å². The molecule has 0 saturated carbocycles. The highest BCUT2D eigenvalue weighted by atomic mass is 32.1. The Morgan fingerprint density at radius 2 is 2.09 bits per heavy atom. The summed E-state index contributed by atoms with van der Waals surface area (Å²) in [6.45, 7) is 3.02. The van der Waals surface area contributed by atoms with Crippen LogP contribution in [0.15, 0.2) is 42.9 Å². The summed E-state index contributed by atoms with van der Waals surface area (Å²) in [5, 5.41) is 5.90. The number of nitrogens with one attached hydrogen (secondary N) is 2. The van der Waals surface area contributed by atoms with Gasteiger partial charge in [0.25, 0.3) is 0 Å². The molecular weight excluding hydrogens is 304 g/mol. The molecule has 1 aromatic carbocycles. The van der Waals surface area contributed by atoms with Crippen LogP contribution in [0.1, 0.15) is 17.4 Å². The molecule has 0 aliphatic rings. The minimum atomic E-state index is 0.852. The first-order chi connectivity index (χ1) is 11.3. The molecule has 0 spiro atoms. The number of rotatable bonds is 5. The number of thiophene rings is 1. The van der Waals surface area contributed by atoms with E-state index in [0.29, 0.717) is 0 Å². The van der Waals surface area contributed by atoms with E-state index in [1.807, 2.05) is 0 Å². The molecule has 3 heterocycles. The third-order valence-corrected chi connectivity index (χ3v) is 5.28. The van der Waals surface area contributed by atoms with E-state index < -0.39 is 0 Å². The summed E-state index contributed by atoms with van der Waals surface area (Å²) in [5.41, 5.74) is 2.52. The first kappa shape index (κ1) is 14.2. The quantitative estimate of drug-likeness (QED) is 0.573. The van der Waals surface area contributed by atoms with Crippen molar-refractivity contribution in [3.8, 4) is 0 Å². The Balaban J connectivity index is 1.52. The normalized spacial score (nSPS) is 11.3. The van der Waals surface area contributed by atoms with Gasteiger partial charge in [-0.05, 0) is 30.5 Å². The Morgan fingerprint density at radius 1 is 1.17 bits per heavy atom. The van der Waals surface area contributed by atoms with Gasteiger partial charge in [-0.15, -0.1) is 11.3 Å². The topological polar surface area (TPSA) is 53.6 Å². The van der Waals surface area contributed by atoms with Crippen LogP contribution in [-0.2, 0) is 12.8 Å². The number of fused-ring (bicyclic) bond motifs is 2. The zero-order valence-corrected chi connectivity index (χ0v) is 13.8. The first-order valence-electron chi connectivity index (χ1n) is 7.87. The van der Waals surface area contributed by atoms with Gasteiger partial charge >= 0.3 is 0 Å². The number of para-hydroxylation sites is 1. The lowest BCUT2D eigenvalue weighted by atomic mass is 10.1. The molecule has 5 heteroatoms. The molecule has 0 fully saturated rings. The first-order valence-corrected chi connectivity index (χ1v) is 8.69. The molecule has 116 valence electrons. The molecule has 23 heavy (non-hydrogen) atoms. The summed E-state index contributed by atoms with van der Waals surface area (Å²) in [5.74, 6) is 0.936. The van der Waals surface area contributed by atoms with Crippen LogP contribution in [-0.4, -0.2) is 21.5 Å². The molecule has 0 bridgehead atoms. The van der Waals surface area contributed by atoms with E-state index in [1.165, 1.54) is 21.3 Å². The van der Waals surface area contributed by atoms with E-state index in [9.17, 15) is 0 Å². The summed E-state index contributed by atoms with van der Waals surface area (Å²) in [6.07, 6.45) is 5.74. The summed E-state index contributed by atoms with van der Waals surface area (Å²) in [6, 6.07) is 10.6. The SMILES string of the molecule is CCc1cc2c(NCCc3c[nH]c4ccccc34)ncnc2s1. The number of aryl methyl sites for hydroxylation is 1. The summed E-state index contributed by atoms with van der Waals surface area (Å²) in [7, 11) is 0. The van der Waals surface area contributed by atoms with Gasteiger partial charge in [0, 0.05) is 28.5 Å². The number of nitrogens with zero attached hydrogens (tertiary/aromatic N) is 2. The highest BCUT2D eigenvalue weighted by Gasteiger charge is 2.08. The van der Waals surface area contributed by atoms with Gasteiger partial charge in [-0.3, -0.25) is 0 Å². The highest BCUT2D eigenvalue weighted by molar-refractivity contribution is 7.18. The van der Waals surface area contributed by atoms with Crippen molar-refractivity contribution in [1.82, 2.24) is 15.0 Å². The molecule has 0 atom stereocenters. The summed E-state index contributed by atoms with van der Waals surface area (Å²) < 4.78 is 0.